The average molecular weight is 365 g/mol. The third kappa shape index (κ3) is 5.53. The maximum Gasteiger partial charge on any atom is 0.183 e. The zero-order chi connectivity index (χ0) is 18.3. The number of hydrogen-bond donors (Lipinski definition) is 1. The number of allylic oxidation sites excluding steroid dienone is 4. The van der Waals surface area contributed by atoms with Crippen molar-refractivity contribution in [2.75, 3.05) is 0 Å². The highest BCUT2D eigenvalue weighted by Crippen LogP contribution is 2.32. The number of unbranched alkanes of at least 4 members (excludes halogenated alkanes) is 2. The van der Waals surface area contributed by atoms with Gasteiger partial charge in [-0.3, -0.25) is 0 Å². The van der Waals surface area contributed by atoms with Crippen LogP contribution in [0, 0.1) is 6.92 Å². The summed E-state index contributed by atoms with van der Waals surface area (Å²) in [7, 11) is -3.50. The number of ether oxygens (including phenoxy) is 1. The molecule has 0 aromatic heterocycles. The molecule has 0 amide bonds. The zero-order valence-corrected chi connectivity index (χ0v) is 15.8. The predicted molar refractivity (Wildman–Crippen MR) is 100 cm³/mol. The van der Waals surface area contributed by atoms with E-state index in [9.17, 15) is 13.5 Å². The van der Waals surface area contributed by atoms with Gasteiger partial charge in [-0.05, 0) is 45.2 Å². The SMILES string of the molecule is C/C=C/C=C/CCCCC1OC(O)CC1S(=O)(=O)c1ccc(C)cc1. The van der Waals surface area contributed by atoms with Gasteiger partial charge in [0.05, 0.1) is 16.2 Å². The van der Waals surface area contributed by atoms with Crippen molar-refractivity contribution in [2.45, 2.75) is 68.5 Å². The minimum Gasteiger partial charge on any atom is -0.368 e. The van der Waals surface area contributed by atoms with Crippen molar-refractivity contribution in [1.29, 1.82) is 0 Å². The Labute approximate surface area is 151 Å². The van der Waals surface area contributed by atoms with Gasteiger partial charge in [-0.25, -0.2) is 8.42 Å². The Bertz CT molecular complexity index is 689. The van der Waals surface area contributed by atoms with Gasteiger partial charge in [0, 0.05) is 6.42 Å². The number of hydrogen-bond acceptors (Lipinski definition) is 4. The lowest BCUT2D eigenvalue weighted by molar-refractivity contribution is -0.0918. The Morgan fingerprint density at radius 1 is 1.20 bits per heavy atom. The molecule has 0 radical (unpaired) electrons. The van der Waals surface area contributed by atoms with Crippen LogP contribution in [0.4, 0.5) is 0 Å². The number of rotatable bonds is 8. The van der Waals surface area contributed by atoms with Crippen LogP contribution in [0.2, 0.25) is 0 Å². The highest BCUT2D eigenvalue weighted by atomic mass is 32.2. The Morgan fingerprint density at radius 3 is 2.60 bits per heavy atom. The quantitative estimate of drug-likeness (QED) is 0.561. The van der Waals surface area contributed by atoms with Crippen LogP contribution >= 0.6 is 0 Å². The second kappa shape index (κ2) is 9.32. The van der Waals surface area contributed by atoms with Crippen molar-refractivity contribution in [3.8, 4) is 0 Å². The lowest BCUT2D eigenvalue weighted by Gasteiger charge is -2.18. The number of aryl methyl sites for hydroxylation is 1. The van der Waals surface area contributed by atoms with E-state index in [0.717, 1.165) is 24.8 Å². The monoisotopic (exact) mass is 364 g/mol. The van der Waals surface area contributed by atoms with Gasteiger partial charge in [0.25, 0.3) is 0 Å². The Hall–Kier alpha value is -1.43. The molecule has 0 saturated carbocycles. The number of benzene rings is 1. The summed E-state index contributed by atoms with van der Waals surface area (Å²) in [6.45, 7) is 3.90. The van der Waals surface area contributed by atoms with Crippen LogP contribution in [0.25, 0.3) is 0 Å². The smallest absolute Gasteiger partial charge is 0.183 e. The summed E-state index contributed by atoms with van der Waals surface area (Å²) in [6, 6.07) is 6.87. The summed E-state index contributed by atoms with van der Waals surface area (Å²) in [4.78, 5) is 0.306. The van der Waals surface area contributed by atoms with Crippen LogP contribution in [0.3, 0.4) is 0 Å². The number of sulfone groups is 1. The fourth-order valence-electron chi connectivity index (χ4n) is 3.07. The summed E-state index contributed by atoms with van der Waals surface area (Å²) in [5.74, 6) is 0. The third-order valence-corrected chi connectivity index (χ3v) is 6.70. The Balaban J connectivity index is 1.97. The van der Waals surface area contributed by atoms with Crippen molar-refractivity contribution >= 4 is 9.84 Å². The van der Waals surface area contributed by atoms with Crippen LogP contribution in [0.15, 0.2) is 53.5 Å². The maximum absolute atomic E-state index is 12.9. The van der Waals surface area contributed by atoms with Gasteiger partial charge in [-0.15, -0.1) is 0 Å². The first-order valence-electron chi connectivity index (χ1n) is 8.87. The molecule has 1 aromatic carbocycles. The van der Waals surface area contributed by atoms with E-state index in [1.54, 1.807) is 24.3 Å². The summed E-state index contributed by atoms with van der Waals surface area (Å²) >= 11 is 0. The molecular formula is C20H28O4S. The summed E-state index contributed by atoms with van der Waals surface area (Å²) in [5, 5.41) is 9.14. The second-order valence-electron chi connectivity index (χ2n) is 6.50. The number of aliphatic hydroxyl groups is 1. The highest BCUT2D eigenvalue weighted by Gasteiger charge is 2.42. The maximum atomic E-state index is 12.9. The highest BCUT2D eigenvalue weighted by molar-refractivity contribution is 7.92. The zero-order valence-electron chi connectivity index (χ0n) is 15.0. The normalized spacial score (nSPS) is 24.5. The van der Waals surface area contributed by atoms with Crippen molar-refractivity contribution in [2.24, 2.45) is 0 Å². The van der Waals surface area contributed by atoms with Crippen molar-refractivity contribution < 1.29 is 18.3 Å². The van der Waals surface area contributed by atoms with E-state index in [4.69, 9.17) is 4.74 Å². The van der Waals surface area contributed by atoms with Gasteiger partial charge in [0.15, 0.2) is 16.1 Å². The van der Waals surface area contributed by atoms with Crippen LogP contribution in [-0.4, -0.2) is 31.2 Å². The molecule has 1 saturated heterocycles. The molecule has 1 heterocycles. The van der Waals surface area contributed by atoms with Crippen molar-refractivity contribution in [1.82, 2.24) is 0 Å². The molecule has 1 aliphatic rings. The summed E-state index contributed by atoms with van der Waals surface area (Å²) < 4.78 is 31.3. The standard InChI is InChI=1S/C20H28O4S/c1-3-4-5-6-7-8-9-10-18-19(15-20(21)24-18)25(22,23)17-13-11-16(2)12-14-17/h3-6,11-14,18-21H,7-10,15H2,1-2H3/b4-3+,6-5+. The van der Waals surface area contributed by atoms with Gasteiger partial charge in [0.1, 0.15) is 0 Å². The molecule has 3 unspecified atom stereocenters. The Morgan fingerprint density at radius 2 is 1.92 bits per heavy atom. The molecule has 0 aliphatic carbocycles. The molecular weight excluding hydrogens is 336 g/mol. The van der Waals surface area contributed by atoms with Crippen molar-refractivity contribution in [3.63, 3.8) is 0 Å². The van der Waals surface area contributed by atoms with Crippen LogP contribution in [0.1, 0.15) is 44.6 Å². The van der Waals surface area contributed by atoms with E-state index in [0.29, 0.717) is 11.3 Å². The molecule has 138 valence electrons. The molecule has 1 aliphatic heterocycles. The second-order valence-corrected chi connectivity index (χ2v) is 8.67. The first-order valence-corrected chi connectivity index (χ1v) is 10.4. The Kier molecular flexibility index (Phi) is 7.41. The molecule has 2 rings (SSSR count). The van der Waals surface area contributed by atoms with Gasteiger partial charge < -0.3 is 9.84 Å². The van der Waals surface area contributed by atoms with Gasteiger partial charge in [-0.1, -0.05) is 48.4 Å². The van der Waals surface area contributed by atoms with E-state index in [1.165, 1.54) is 0 Å². The van der Waals surface area contributed by atoms with Crippen LogP contribution in [0.5, 0.6) is 0 Å². The van der Waals surface area contributed by atoms with E-state index in [1.807, 2.05) is 32.1 Å². The first kappa shape index (κ1) is 19.9. The predicted octanol–water partition coefficient (Wildman–Crippen LogP) is 3.94. The van der Waals surface area contributed by atoms with E-state index < -0.39 is 27.5 Å². The lowest BCUT2D eigenvalue weighted by atomic mass is 10.1. The minimum absolute atomic E-state index is 0.141. The molecule has 1 aromatic rings. The number of aliphatic hydroxyl groups excluding tert-OH is 1. The molecule has 0 bridgehead atoms. The summed E-state index contributed by atoms with van der Waals surface area (Å²) in [5.41, 5.74) is 1.02. The molecule has 5 heteroatoms. The van der Waals surface area contributed by atoms with Crippen molar-refractivity contribution in [3.05, 3.63) is 54.1 Å². The molecule has 0 spiro atoms. The molecule has 3 atom stereocenters. The van der Waals surface area contributed by atoms with E-state index >= 15 is 0 Å². The molecule has 1 fully saturated rings. The van der Waals surface area contributed by atoms with Crippen LogP contribution in [-0.2, 0) is 14.6 Å². The van der Waals surface area contributed by atoms with Crippen LogP contribution < -0.4 is 0 Å². The third-order valence-electron chi connectivity index (χ3n) is 4.48. The fourth-order valence-corrected chi connectivity index (χ4v) is 4.96. The van der Waals surface area contributed by atoms with E-state index in [2.05, 4.69) is 6.08 Å². The minimum atomic E-state index is -3.50. The largest absolute Gasteiger partial charge is 0.368 e. The van der Waals surface area contributed by atoms with Gasteiger partial charge in [-0.2, -0.15) is 0 Å². The molecule has 25 heavy (non-hydrogen) atoms. The molecule has 1 N–H and O–H groups in total. The van der Waals surface area contributed by atoms with Gasteiger partial charge in [0.2, 0.25) is 0 Å². The van der Waals surface area contributed by atoms with E-state index in [-0.39, 0.29) is 6.42 Å². The van der Waals surface area contributed by atoms with Gasteiger partial charge >= 0.3 is 0 Å². The topological polar surface area (TPSA) is 63.6 Å². The lowest BCUT2D eigenvalue weighted by Crippen LogP contribution is -2.30. The average Bonchev–Trinajstić information content (AvgIpc) is 2.96. The first-order chi connectivity index (χ1) is 11.9. The fraction of sp³-hybridized carbons (Fsp3) is 0.500. The molecule has 4 nitrogen and oxygen atoms in total. The summed E-state index contributed by atoms with van der Waals surface area (Å²) in [6.07, 6.45) is 10.2.